The number of hydrogen-bond acceptors (Lipinski definition) is 4. The van der Waals surface area contributed by atoms with Crippen LogP contribution in [0.1, 0.15) is 20.8 Å². The summed E-state index contributed by atoms with van der Waals surface area (Å²) < 4.78 is 47.9. The number of halogens is 3. The molecule has 35 heavy (non-hydrogen) atoms. The van der Waals surface area contributed by atoms with Crippen molar-refractivity contribution in [2.45, 2.75) is 31.8 Å². The molecule has 0 spiro atoms. The van der Waals surface area contributed by atoms with E-state index in [1.54, 1.807) is 36.4 Å². The van der Waals surface area contributed by atoms with Crippen molar-refractivity contribution < 1.29 is 27.4 Å². The fourth-order valence-electron chi connectivity index (χ4n) is 3.35. The Morgan fingerprint density at radius 3 is 2.09 bits per heavy atom. The molecule has 0 radical (unpaired) electrons. The number of anilines is 1. The molecule has 0 aliphatic heterocycles. The predicted molar refractivity (Wildman–Crippen MR) is 135 cm³/mol. The molecule has 0 amide bonds. The summed E-state index contributed by atoms with van der Waals surface area (Å²) in [7, 11) is -4.07. The number of carbonyl (C=O) groups is 1. The van der Waals surface area contributed by atoms with Crippen LogP contribution in [0.2, 0.25) is 10.0 Å². The summed E-state index contributed by atoms with van der Waals surface area (Å²) in [4.78, 5) is 10.8. The molecule has 3 aromatic rings. The molecule has 3 aromatic carbocycles. The third-order valence-electron chi connectivity index (χ3n) is 5.07. The van der Waals surface area contributed by atoms with Gasteiger partial charge in [-0.2, -0.15) is 0 Å². The summed E-state index contributed by atoms with van der Waals surface area (Å²) in [5.41, 5.74) is 1.54. The van der Waals surface area contributed by atoms with Crippen LogP contribution in [0.3, 0.4) is 0 Å². The standard InChI is InChI=1S/C25H24Cl2FNO5S/c1-15(2)14-29(35(32,33)24-20(26)5-4-6-21(24)27)19-10-7-17(8-11-19)18-9-12-23(22(28)13-18)34-16(3)25(30)31/h4-13,15-16H,14H2,1-3H3,(H,30,31). The van der Waals surface area contributed by atoms with Crippen LogP contribution in [-0.4, -0.2) is 32.1 Å². The second-order valence-electron chi connectivity index (χ2n) is 8.27. The monoisotopic (exact) mass is 539 g/mol. The van der Waals surface area contributed by atoms with Crippen molar-refractivity contribution in [3.63, 3.8) is 0 Å². The topological polar surface area (TPSA) is 83.9 Å². The molecule has 0 saturated carbocycles. The van der Waals surface area contributed by atoms with Crippen LogP contribution in [0.5, 0.6) is 5.75 Å². The minimum Gasteiger partial charge on any atom is -0.479 e. The smallest absolute Gasteiger partial charge is 0.344 e. The van der Waals surface area contributed by atoms with Crippen LogP contribution in [0.25, 0.3) is 11.1 Å². The molecular weight excluding hydrogens is 516 g/mol. The van der Waals surface area contributed by atoms with Crippen molar-refractivity contribution >= 4 is 44.9 Å². The quantitative estimate of drug-likeness (QED) is 0.335. The molecule has 3 rings (SSSR count). The molecule has 0 saturated heterocycles. The number of carboxylic acids is 1. The molecule has 1 unspecified atom stereocenters. The van der Waals surface area contributed by atoms with Gasteiger partial charge in [0.15, 0.2) is 17.7 Å². The summed E-state index contributed by atoms with van der Waals surface area (Å²) in [5.74, 6) is -2.09. The SMILES string of the molecule is CC(C)CN(c1ccc(-c2ccc(OC(C)C(=O)O)c(F)c2)cc1)S(=O)(=O)c1c(Cl)cccc1Cl. The number of benzene rings is 3. The van der Waals surface area contributed by atoms with E-state index in [1.165, 1.54) is 35.5 Å². The van der Waals surface area contributed by atoms with E-state index in [9.17, 15) is 17.6 Å². The summed E-state index contributed by atoms with van der Waals surface area (Å²) in [6.45, 7) is 5.28. The van der Waals surface area contributed by atoms with Gasteiger partial charge in [-0.3, -0.25) is 4.31 Å². The van der Waals surface area contributed by atoms with Crippen molar-refractivity contribution in [3.05, 3.63) is 76.5 Å². The van der Waals surface area contributed by atoms with Crippen LogP contribution >= 0.6 is 23.2 Å². The molecule has 0 heterocycles. The van der Waals surface area contributed by atoms with Gasteiger partial charge in [0.05, 0.1) is 15.7 Å². The Hall–Kier alpha value is -2.81. The van der Waals surface area contributed by atoms with Gasteiger partial charge in [0.25, 0.3) is 10.0 Å². The van der Waals surface area contributed by atoms with Crippen molar-refractivity contribution in [1.82, 2.24) is 0 Å². The molecule has 0 bridgehead atoms. The second kappa shape index (κ2) is 10.8. The van der Waals surface area contributed by atoms with Gasteiger partial charge in [0.2, 0.25) is 0 Å². The fraction of sp³-hybridized carbons (Fsp3) is 0.240. The van der Waals surface area contributed by atoms with Gasteiger partial charge >= 0.3 is 5.97 Å². The van der Waals surface area contributed by atoms with E-state index >= 15 is 0 Å². The zero-order chi connectivity index (χ0) is 25.9. The molecule has 0 fully saturated rings. The summed E-state index contributed by atoms with van der Waals surface area (Å²) in [6.07, 6.45) is -1.20. The molecule has 186 valence electrons. The zero-order valence-corrected chi connectivity index (χ0v) is 21.5. The van der Waals surface area contributed by atoms with E-state index < -0.39 is 27.9 Å². The first-order chi connectivity index (χ1) is 16.4. The third kappa shape index (κ3) is 6.07. The molecule has 6 nitrogen and oxygen atoms in total. The van der Waals surface area contributed by atoms with Crippen LogP contribution in [0.4, 0.5) is 10.1 Å². The number of ether oxygens (including phenoxy) is 1. The lowest BCUT2D eigenvalue weighted by Gasteiger charge is -2.27. The Kier molecular flexibility index (Phi) is 8.30. The van der Waals surface area contributed by atoms with Gasteiger partial charge in [-0.15, -0.1) is 0 Å². The number of sulfonamides is 1. The molecular formula is C25H24Cl2FNO5S. The summed E-state index contributed by atoms with van der Waals surface area (Å²) >= 11 is 12.4. The maximum Gasteiger partial charge on any atom is 0.344 e. The van der Waals surface area contributed by atoms with Crippen molar-refractivity contribution in [1.29, 1.82) is 0 Å². The van der Waals surface area contributed by atoms with Crippen LogP contribution in [0, 0.1) is 11.7 Å². The molecule has 1 atom stereocenters. The Bertz CT molecular complexity index is 1310. The zero-order valence-electron chi connectivity index (χ0n) is 19.2. The first-order valence-corrected chi connectivity index (χ1v) is 12.9. The average molecular weight is 540 g/mol. The first kappa shape index (κ1) is 26.8. The van der Waals surface area contributed by atoms with E-state index in [0.29, 0.717) is 16.8 Å². The van der Waals surface area contributed by atoms with E-state index in [4.69, 9.17) is 33.0 Å². The van der Waals surface area contributed by atoms with Crippen molar-refractivity contribution in [2.24, 2.45) is 5.92 Å². The van der Waals surface area contributed by atoms with Crippen molar-refractivity contribution in [3.8, 4) is 16.9 Å². The lowest BCUT2D eigenvalue weighted by atomic mass is 10.0. The maximum atomic E-state index is 14.5. The first-order valence-electron chi connectivity index (χ1n) is 10.7. The lowest BCUT2D eigenvalue weighted by Crippen LogP contribution is -2.34. The minimum absolute atomic E-state index is 0.000508. The van der Waals surface area contributed by atoms with E-state index in [0.717, 1.165) is 0 Å². The average Bonchev–Trinajstić information content (AvgIpc) is 2.78. The van der Waals surface area contributed by atoms with Crippen LogP contribution in [0.15, 0.2) is 65.6 Å². The highest BCUT2D eigenvalue weighted by molar-refractivity contribution is 7.93. The van der Waals surface area contributed by atoms with Gasteiger partial charge in [-0.25, -0.2) is 17.6 Å². The number of nitrogens with zero attached hydrogens (tertiary/aromatic N) is 1. The Balaban J connectivity index is 1.95. The lowest BCUT2D eigenvalue weighted by molar-refractivity contribution is -0.144. The minimum atomic E-state index is -4.07. The van der Waals surface area contributed by atoms with Gasteiger partial charge in [0, 0.05) is 6.54 Å². The van der Waals surface area contributed by atoms with Gasteiger partial charge in [0.1, 0.15) is 4.90 Å². The predicted octanol–water partition coefficient (Wildman–Crippen LogP) is 6.50. The largest absolute Gasteiger partial charge is 0.479 e. The fourth-order valence-corrected chi connectivity index (χ4v) is 6.08. The maximum absolute atomic E-state index is 14.5. The van der Waals surface area contributed by atoms with Gasteiger partial charge < -0.3 is 9.84 Å². The number of carboxylic acid groups (broad SMARTS) is 1. The van der Waals surface area contributed by atoms with E-state index in [2.05, 4.69) is 0 Å². The highest BCUT2D eigenvalue weighted by atomic mass is 35.5. The van der Waals surface area contributed by atoms with E-state index in [-0.39, 0.29) is 33.2 Å². The number of hydrogen-bond donors (Lipinski definition) is 1. The highest BCUT2D eigenvalue weighted by Gasteiger charge is 2.30. The van der Waals surface area contributed by atoms with Crippen LogP contribution in [-0.2, 0) is 14.8 Å². The third-order valence-corrected chi connectivity index (χ3v) is 7.82. The molecule has 0 aromatic heterocycles. The van der Waals surface area contributed by atoms with Crippen molar-refractivity contribution in [2.75, 3.05) is 10.8 Å². The highest BCUT2D eigenvalue weighted by Crippen LogP contribution is 2.35. The van der Waals surface area contributed by atoms with Gasteiger partial charge in [-0.05, 0) is 60.4 Å². The summed E-state index contributed by atoms with van der Waals surface area (Å²) in [6, 6.07) is 15.3. The molecule has 0 aliphatic rings. The van der Waals surface area contributed by atoms with Gasteiger partial charge in [-0.1, -0.05) is 61.3 Å². The number of rotatable bonds is 9. The Morgan fingerprint density at radius 1 is 1.00 bits per heavy atom. The molecule has 0 aliphatic carbocycles. The second-order valence-corrected chi connectivity index (χ2v) is 10.9. The Labute approximate surface area is 213 Å². The van der Waals surface area contributed by atoms with Crippen LogP contribution < -0.4 is 9.04 Å². The Morgan fingerprint density at radius 2 is 1.57 bits per heavy atom. The molecule has 1 N–H and O–H groups in total. The number of aliphatic carboxylic acids is 1. The van der Waals surface area contributed by atoms with E-state index in [1.807, 2.05) is 13.8 Å². The summed E-state index contributed by atoms with van der Waals surface area (Å²) in [5, 5.41) is 9.00. The molecule has 10 heteroatoms. The normalized spacial score (nSPS) is 12.4.